The molecule has 0 aliphatic carbocycles. The number of rotatable bonds is 4. The van der Waals surface area contributed by atoms with Gasteiger partial charge in [-0.3, -0.25) is 0 Å². The number of hydrogen-bond donors (Lipinski definition) is 1. The van der Waals surface area contributed by atoms with E-state index in [0.717, 1.165) is 19.3 Å². The molecule has 1 saturated heterocycles. The zero-order chi connectivity index (χ0) is 15.8. The highest BCUT2D eigenvalue weighted by Crippen LogP contribution is 2.32. The highest BCUT2D eigenvalue weighted by molar-refractivity contribution is 7.89. The summed E-state index contributed by atoms with van der Waals surface area (Å²) in [5.41, 5.74) is -0.245. The predicted octanol–water partition coefficient (Wildman–Crippen LogP) is 2.41. The third-order valence-corrected chi connectivity index (χ3v) is 6.22. The van der Waals surface area contributed by atoms with E-state index < -0.39 is 16.0 Å². The lowest BCUT2D eigenvalue weighted by Crippen LogP contribution is -2.39. The van der Waals surface area contributed by atoms with E-state index in [9.17, 15) is 18.3 Å². The maximum absolute atomic E-state index is 12.7. The summed E-state index contributed by atoms with van der Waals surface area (Å²) >= 11 is 0. The lowest BCUT2D eigenvalue weighted by atomic mass is 9.96. The largest absolute Gasteiger partial charge is 0.478 e. The van der Waals surface area contributed by atoms with Crippen LogP contribution in [0.1, 0.15) is 48.1 Å². The van der Waals surface area contributed by atoms with Crippen LogP contribution in [0.3, 0.4) is 0 Å². The monoisotopic (exact) mass is 315 g/mol. The van der Waals surface area contributed by atoms with Crippen LogP contribution in [0.15, 0.2) is 9.31 Å². The molecular weight excluding hydrogens is 294 g/mol. The molecule has 1 N–H and O–H groups in total. The maximum atomic E-state index is 12.7. The van der Waals surface area contributed by atoms with Gasteiger partial charge in [0.2, 0.25) is 10.0 Å². The molecule has 1 aliphatic heterocycles. The third-order valence-electron chi connectivity index (χ3n) is 4.17. The number of carboxylic acid groups (broad SMARTS) is 1. The van der Waals surface area contributed by atoms with Gasteiger partial charge in [0.1, 0.15) is 22.0 Å². The Morgan fingerprint density at radius 3 is 2.33 bits per heavy atom. The van der Waals surface area contributed by atoms with Crippen molar-refractivity contribution in [3.05, 3.63) is 17.1 Å². The number of aryl methyl sites for hydroxylation is 2. The van der Waals surface area contributed by atoms with Gasteiger partial charge in [-0.25, -0.2) is 13.2 Å². The summed E-state index contributed by atoms with van der Waals surface area (Å²) in [5.74, 6) is -0.460. The van der Waals surface area contributed by atoms with E-state index in [4.69, 9.17) is 4.42 Å². The number of hydrogen-bond acceptors (Lipinski definition) is 4. The minimum Gasteiger partial charge on any atom is -0.478 e. The predicted molar refractivity (Wildman–Crippen MR) is 76.9 cm³/mol. The number of nitrogens with zero attached hydrogens (tertiary/aromatic N) is 1. The van der Waals surface area contributed by atoms with Crippen LogP contribution in [0.25, 0.3) is 0 Å². The van der Waals surface area contributed by atoms with Gasteiger partial charge in [-0.05, 0) is 32.6 Å². The highest BCUT2D eigenvalue weighted by atomic mass is 32.2. The highest BCUT2D eigenvalue weighted by Gasteiger charge is 2.36. The van der Waals surface area contributed by atoms with Crippen molar-refractivity contribution in [2.24, 2.45) is 5.92 Å². The molecule has 118 valence electrons. The Bertz CT molecular complexity index is 639. The molecule has 1 aliphatic rings. The van der Waals surface area contributed by atoms with E-state index in [0.29, 0.717) is 19.0 Å². The van der Waals surface area contributed by atoms with E-state index in [1.807, 2.05) is 0 Å². The van der Waals surface area contributed by atoms with Crippen molar-refractivity contribution in [2.45, 2.75) is 44.9 Å². The van der Waals surface area contributed by atoms with Gasteiger partial charge in [0.05, 0.1) is 0 Å². The van der Waals surface area contributed by atoms with Crippen LogP contribution >= 0.6 is 0 Å². The number of sulfonamides is 1. The van der Waals surface area contributed by atoms with Crippen molar-refractivity contribution in [3.8, 4) is 0 Å². The summed E-state index contributed by atoms with van der Waals surface area (Å²) in [5, 5.41) is 9.26. The van der Waals surface area contributed by atoms with Gasteiger partial charge in [0, 0.05) is 13.1 Å². The molecule has 0 atom stereocenters. The molecule has 0 radical (unpaired) electrons. The second-order valence-electron chi connectivity index (χ2n) is 5.48. The van der Waals surface area contributed by atoms with Crippen molar-refractivity contribution in [3.63, 3.8) is 0 Å². The Hall–Kier alpha value is -1.34. The normalized spacial score (nSPS) is 18.0. The smallest absolute Gasteiger partial charge is 0.340 e. The Morgan fingerprint density at radius 1 is 1.29 bits per heavy atom. The summed E-state index contributed by atoms with van der Waals surface area (Å²) in [6.07, 6.45) is 2.67. The first kappa shape index (κ1) is 16.0. The fraction of sp³-hybridized carbons (Fsp3) is 0.643. The SMILES string of the molecule is CCC1CCN(S(=O)(=O)c2c(C)oc(C)c2C(=O)O)CC1. The molecule has 2 heterocycles. The fourth-order valence-corrected chi connectivity index (χ4v) is 4.75. The van der Waals surface area contributed by atoms with Gasteiger partial charge in [0.25, 0.3) is 0 Å². The van der Waals surface area contributed by atoms with Crippen molar-refractivity contribution in [1.29, 1.82) is 0 Å². The van der Waals surface area contributed by atoms with E-state index in [-0.39, 0.29) is 22.0 Å². The third kappa shape index (κ3) is 2.85. The van der Waals surface area contributed by atoms with Crippen molar-refractivity contribution in [2.75, 3.05) is 13.1 Å². The summed E-state index contributed by atoms with van der Waals surface area (Å²) in [4.78, 5) is 11.1. The van der Waals surface area contributed by atoms with Crippen LogP contribution in [-0.2, 0) is 10.0 Å². The summed E-state index contributed by atoms with van der Waals surface area (Å²) in [7, 11) is -3.82. The lowest BCUT2D eigenvalue weighted by Gasteiger charge is -2.30. The minimum atomic E-state index is -3.82. The Morgan fingerprint density at radius 2 is 1.86 bits per heavy atom. The van der Waals surface area contributed by atoms with Crippen molar-refractivity contribution >= 4 is 16.0 Å². The molecule has 0 unspecified atom stereocenters. The molecule has 2 rings (SSSR count). The lowest BCUT2D eigenvalue weighted by molar-refractivity contribution is 0.0691. The van der Waals surface area contributed by atoms with Gasteiger partial charge >= 0.3 is 5.97 Å². The first-order chi connectivity index (χ1) is 9.78. The molecule has 0 saturated carbocycles. The van der Waals surface area contributed by atoms with Gasteiger partial charge in [-0.1, -0.05) is 13.3 Å². The van der Waals surface area contributed by atoms with Gasteiger partial charge < -0.3 is 9.52 Å². The van der Waals surface area contributed by atoms with Gasteiger partial charge in [-0.2, -0.15) is 4.31 Å². The summed E-state index contributed by atoms with van der Waals surface area (Å²) < 4.78 is 32.1. The molecule has 7 heteroatoms. The molecule has 1 aromatic rings. The number of carboxylic acids is 1. The number of piperidine rings is 1. The topological polar surface area (TPSA) is 87.8 Å². The molecule has 1 fully saturated rings. The summed E-state index contributed by atoms with van der Waals surface area (Å²) in [6, 6.07) is 0. The van der Waals surface area contributed by atoms with Crippen LogP contribution in [0.4, 0.5) is 0 Å². The standard InChI is InChI=1S/C14H21NO5S/c1-4-11-5-7-15(8-6-11)21(18,19)13-10(3)20-9(2)12(13)14(16)17/h11H,4-8H2,1-3H3,(H,16,17). The van der Waals surface area contributed by atoms with E-state index in [2.05, 4.69) is 6.92 Å². The molecule has 21 heavy (non-hydrogen) atoms. The first-order valence-corrected chi connectivity index (χ1v) is 8.56. The molecule has 0 bridgehead atoms. The Labute approximate surface area is 124 Å². The molecule has 0 spiro atoms. The zero-order valence-electron chi connectivity index (χ0n) is 12.5. The average molecular weight is 315 g/mol. The minimum absolute atomic E-state index is 0.127. The molecule has 1 aromatic heterocycles. The van der Waals surface area contributed by atoms with Crippen LogP contribution < -0.4 is 0 Å². The quantitative estimate of drug-likeness (QED) is 0.921. The van der Waals surface area contributed by atoms with Crippen molar-refractivity contribution in [1.82, 2.24) is 4.31 Å². The molecule has 6 nitrogen and oxygen atoms in total. The van der Waals surface area contributed by atoms with E-state index in [1.54, 1.807) is 0 Å². The van der Waals surface area contributed by atoms with Crippen LogP contribution in [0.5, 0.6) is 0 Å². The van der Waals surface area contributed by atoms with E-state index >= 15 is 0 Å². The zero-order valence-corrected chi connectivity index (χ0v) is 13.4. The van der Waals surface area contributed by atoms with Gasteiger partial charge in [0.15, 0.2) is 0 Å². The van der Waals surface area contributed by atoms with Crippen LogP contribution in [-0.4, -0.2) is 36.9 Å². The fourth-order valence-electron chi connectivity index (χ4n) is 2.91. The van der Waals surface area contributed by atoms with Crippen molar-refractivity contribution < 1.29 is 22.7 Å². The number of aromatic carboxylic acids is 1. The molecule has 0 aromatic carbocycles. The molecule has 0 amide bonds. The second-order valence-corrected chi connectivity index (χ2v) is 7.35. The summed E-state index contributed by atoms with van der Waals surface area (Å²) in [6.45, 7) is 5.93. The Balaban J connectivity index is 2.39. The Kier molecular flexibility index (Phi) is 4.43. The van der Waals surface area contributed by atoms with Crippen LogP contribution in [0, 0.1) is 19.8 Å². The first-order valence-electron chi connectivity index (χ1n) is 7.12. The number of furan rings is 1. The molecular formula is C14H21NO5S. The van der Waals surface area contributed by atoms with Gasteiger partial charge in [-0.15, -0.1) is 0 Å². The second kappa shape index (κ2) is 5.81. The van der Waals surface area contributed by atoms with E-state index in [1.165, 1.54) is 18.2 Å². The number of carbonyl (C=O) groups is 1. The maximum Gasteiger partial charge on any atom is 0.340 e. The average Bonchev–Trinajstić information content (AvgIpc) is 2.74. The van der Waals surface area contributed by atoms with Crippen LogP contribution in [0.2, 0.25) is 0 Å².